The first-order valence-electron chi connectivity index (χ1n) is 11.9. The summed E-state index contributed by atoms with van der Waals surface area (Å²) in [5, 5.41) is 12.2. The van der Waals surface area contributed by atoms with Crippen LogP contribution in [0.5, 0.6) is 5.75 Å². The van der Waals surface area contributed by atoms with Crippen LogP contribution in [-0.2, 0) is 18.5 Å². The molecule has 0 bridgehead atoms. The van der Waals surface area contributed by atoms with Gasteiger partial charge in [0.2, 0.25) is 0 Å². The van der Waals surface area contributed by atoms with Gasteiger partial charge in [0, 0.05) is 23.8 Å². The van der Waals surface area contributed by atoms with Crippen LogP contribution in [0.15, 0.2) is 78.0 Å². The zero-order valence-corrected chi connectivity index (χ0v) is 21.9. The molecule has 0 saturated carbocycles. The van der Waals surface area contributed by atoms with E-state index in [4.69, 9.17) is 4.74 Å². The van der Waals surface area contributed by atoms with Crippen LogP contribution in [0, 0.1) is 0 Å². The van der Waals surface area contributed by atoms with E-state index in [-0.39, 0.29) is 18.4 Å². The number of benzene rings is 3. The van der Waals surface area contributed by atoms with Crippen molar-refractivity contribution in [1.82, 2.24) is 20.1 Å². The molecule has 38 heavy (non-hydrogen) atoms. The molecule has 1 aromatic heterocycles. The highest BCUT2D eigenvalue weighted by molar-refractivity contribution is 7.98. The number of alkyl halides is 3. The lowest BCUT2D eigenvalue weighted by atomic mass is 10.1. The number of nitrogens with one attached hydrogen (secondary N) is 1. The quantitative estimate of drug-likeness (QED) is 0.241. The van der Waals surface area contributed by atoms with Gasteiger partial charge in [-0.05, 0) is 47.5 Å². The summed E-state index contributed by atoms with van der Waals surface area (Å²) in [5.41, 5.74) is 1.89. The second kappa shape index (κ2) is 11.7. The molecule has 0 aliphatic heterocycles. The van der Waals surface area contributed by atoms with Gasteiger partial charge in [-0.1, -0.05) is 62.0 Å². The molecule has 1 N–H and O–H groups in total. The van der Waals surface area contributed by atoms with E-state index in [9.17, 15) is 18.0 Å². The minimum absolute atomic E-state index is 0.00283. The van der Waals surface area contributed by atoms with Gasteiger partial charge in [0.05, 0.1) is 18.4 Å². The monoisotopic (exact) mass is 540 g/mol. The Hall–Kier alpha value is -3.79. The number of hydrogen-bond donors (Lipinski definition) is 1. The van der Waals surface area contributed by atoms with Gasteiger partial charge >= 0.3 is 6.18 Å². The van der Waals surface area contributed by atoms with Crippen molar-refractivity contribution in [2.45, 2.75) is 43.4 Å². The highest BCUT2D eigenvalue weighted by atomic mass is 32.2. The predicted molar refractivity (Wildman–Crippen MR) is 141 cm³/mol. The number of carbonyl (C=O) groups excluding carboxylic acids is 1. The number of thioether (sulfide) groups is 1. The lowest BCUT2D eigenvalue weighted by Crippen LogP contribution is -2.23. The van der Waals surface area contributed by atoms with E-state index in [1.807, 2.05) is 41.0 Å². The summed E-state index contributed by atoms with van der Waals surface area (Å²) in [6.45, 7) is 4.11. The number of ether oxygens (including phenoxy) is 1. The largest absolute Gasteiger partial charge is 0.495 e. The van der Waals surface area contributed by atoms with E-state index < -0.39 is 11.7 Å². The third kappa shape index (κ3) is 6.36. The standard InChI is InChI=1S/C28H27F3N4O2S/c1-18(2)25-33-34-27(35(25)23-9-4-5-10-24(23)37-3)38-17-19-11-13-21(14-12-19)26(36)32-16-20-7-6-8-22(15-20)28(29,30)31/h4-15,18H,16-17H2,1-3H3,(H,32,36). The Morgan fingerprint density at radius 1 is 1.00 bits per heavy atom. The van der Waals surface area contributed by atoms with Gasteiger partial charge in [0.25, 0.3) is 5.91 Å². The first kappa shape index (κ1) is 27.3. The molecule has 0 unspecified atom stereocenters. The van der Waals surface area contributed by atoms with E-state index in [1.165, 1.54) is 17.8 Å². The number of carbonyl (C=O) groups is 1. The van der Waals surface area contributed by atoms with Crippen LogP contribution in [0.25, 0.3) is 5.69 Å². The Morgan fingerprint density at radius 2 is 1.74 bits per heavy atom. The highest BCUT2D eigenvalue weighted by Gasteiger charge is 2.30. The maximum Gasteiger partial charge on any atom is 0.416 e. The molecule has 198 valence electrons. The highest BCUT2D eigenvalue weighted by Crippen LogP contribution is 2.32. The Kier molecular flexibility index (Phi) is 8.41. The van der Waals surface area contributed by atoms with E-state index in [2.05, 4.69) is 29.4 Å². The maximum absolute atomic E-state index is 12.9. The second-order valence-corrected chi connectivity index (χ2v) is 9.81. The molecule has 3 aromatic carbocycles. The topological polar surface area (TPSA) is 69.0 Å². The molecule has 4 rings (SSSR count). The van der Waals surface area contributed by atoms with E-state index >= 15 is 0 Å². The van der Waals surface area contributed by atoms with Crippen molar-refractivity contribution in [3.8, 4) is 11.4 Å². The fraction of sp³-hybridized carbons (Fsp3) is 0.250. The molecular formula is C28H27F3N4O2S. The van der Waals surface area contributed by atoms with Crippen molar-refractivity contribution in [2.75, 3.05) is 7.11 Å². The van der Waals surface area contributed by atoms with Crippen LogP contribution >= 0.6 is 11.8 Å². The van der Waals surface area contributed by atoms with Gasteiger partial charge in [0.15, 0.2) is 5.16 Å². The number of nitrogens with zero attached hydrogens (tertiary/aromatic N) is 3. The number of halogens is 3. The van der Waals surface area contributed by atoms with Crippen LogP contribution in [0.3, 0.4) is 0 Å². The minimum Gasteiger partial charge on any atom is -0.495 e. The number of hydrogen-bond acceptors (Lipinski definition) is 5. The molecule has 0 saturated heterocycles. The molecule has 0 atom stereocenters. The third-order valence-corrected chi connectivity index (χ3v) is 6.79. The van der Waals surface area contributed by atoms with Gasteiger partial charge in [-0.25, -0.2) is 0 Å². The van der Waals surface area contributed by atoms with Gasteiger partial charge in [-0.2, -0.15) is 13.2 Å². The number of aromatic nitrogens is 3. The Balaban J connectivity index is 1.42. The van der Waals surface area contributed by atoms with Crippen molar-refractivity contribution >= 4 is 17.7 Å². The van der Waals surface area contributed by atoms with Gasteiger partial charge < -0.3 is 10.1 Å². The molecule has 0 fully saturated rings. The molecule has 10 heteroatoms. The number of amides is 1. The van der Waals surface area contributed by atoms with Crippen LogP contribution in [-0.4, -0.2) is 27.8 Å². The first-order valence-corrected chi connectivity index (χ1v) is 12.9. The second-order valence-electron chi connectivity index (χ2n) is 8.87. The first-order chi connectivity index (χ1) is 18.2. The lowest BCUT2D eigenvalue weighted by Gasteiger charge is -2.15. The van der Waals surface area contributed by atoms with E-state index in [0.717, 1.165) is 40.1 Å². The van der Waals surface area contributed by atoms with Gasteiger partial charge in [-0.3, -0.25) is 9.36 Å². The summed E-state index contributed by atoms with van der Waals surface area (Å²) in [5.74, 6) is 1.92. The SMILES string of the molecule is COc1ccccc1-n1c(SCc2ccc(C(=O)NCc3cccc(C(F)(F)F)c3)cc2)nnc1C(C)C. The number of rotatable bonds is 9. The van der Waals surface area contributed by atoms with Crippen LogP contribution in [0.2, 0.25) is 0 Å². The zero-order chi connectivity index (χ0) is 27.3. The van der Waals surface area contributed by atoms with Gasteiger partial charge in [0.1, 0.15) is 11.6 Å². The summed E-state index contributed by atoms with van der Waals surface area (Å²) >= 11 is 1.52. The third-order valence-electron chi connectivity index (χ3n) is 5.79. The number of para-hydroxylation sites is 2. The predicted octanol–water partition coefficient (Wildman–Crippen LogP) is 6.64. The van der Waals surface area contributed by atoms with Crippen LogP contribution in [0.1, 0.15) is 52.6 Å². The fourth-order valence-electron chi connectivity index (χ4n) is 3.83. The Morgan fingerprint density at radius 3 is 2.42 bits per heavy atom. The number of methoxy groups -OCH3 is 1. The molecular weight excluding hydrogens is 513 g/mol. The smallest absolute Gasteiger partial charge is 0.416 e. The summed E-state index contributed by atoms with van der Waals surface area (Å²) in [6, 6.07) is 19.7. The molecule has 1 amide bonds. The summed E-state index contributed by atoms with van der Waals surface area (Å²) in [4.78, 5) is 12.5. The van der Waals surface area contributed by atoms with E-state index in [1.54, 1.807) is 25.3 Å². The molecule has 6 nitrogen and oxygen atoms in total. The van der Waals surface area contributed by atoms with Gasteiger partial charge in [-0.15, -0.1) is 10.2 Å². The van der Waals surface area contributed by atoms with Crippen LogP contribution in [0.4, 0.5) is 13.2 Å². The molecule has 4 aromatic rings. The average Bonchev–Trinajstić information content (AvgIpc) is 3.34. The average molecular weight is 541 g/mol. The Bertz CT molecular complexity index is 1400. The van der Waals surface area contributed by atoms with Crippen molar-refractivity contribution < 1.29 is 22.7 Å². The summed E-state index contributed by atoms with van der Waals surface area (Å²) in [6.07, 6.45) is -4.43. The van der Waals surface area contributed by atoms with Crippen molar-refractivity contribution in [2.24, 2.45) is 0 Å². The molecule has 0 aliphatic carbocycles. The summed E-state index contributed by atoms with van der Waals surface area (Å²) < 4.78 is 46.3. The molecule has 0 aliphatic rings. The van der Waals surface area contributed by atoms with Crippen LogP contribution < -0.4 is 10.1 Å². The molecule has 1 heterocycles. The maximum atomic E-state index is 12.9. The molecule has 0 radical (unpaired) electrons. The lowest BCUT2D eigenvalue weighted by molar-refractivity contribution is -0.137. The molecule has 0 spiro atoms. The minimum atomic E-state index is -4.43. The fourth-order valence-corrected chi connectivity index (χ4v) is 4.74. The Labute approximate surface area is 223 Å². The zero-order valence-electron chi connectivity index (χ0n) is 21.1. The van der Waals surface area contributed by atoms with E-state index in [0.29, 0.717) is 16.9 Å². The summed E-state index contributed by atoms with van der Waals surface area (Å²) in [7, 11) is 1.63. The normalized spacial score (nSPS) is 11.6. The van der Waals surface area contributed by atoms with Crippen molar-refractivity contribution in [1.29, 1.82) is 0 Å². The van der Waals surface area contributed by atoms with Crippen molar-refractivity contribution in [3.63, 3.8) is 0 Å². The van der Waals surface area contributed by atoms with Crippen molar-refractivity contribution in [3.05, 3.63) is 101 Å².